The van der Waals surface area contributed by atoms with Gasteiger partial charge in [-0.2, -0.15) is 0 Å². The predicted molar refractivity (Wildman–Crippen MR) is 49.4 cm³/mol. The molecule has 0 atom stereocenters. The topological polar surface area (TPSA) is 37.4 Å². The molecule has 0 heterocycles. The summed E-state index contributed by atoms with van der Waals surface area (Å²) in [6.07, 6.45) is 6.19. The molecule has 3 nitrogen and oxygen atoms in total. The summed E-state index contributed by atoms with van der Waals surface area (Å²) in [6.45, 7) is 0.707. The molecule has 12 heavy (non-hydrogen) atoms. The summed E-state index contributed by atoms with van der Waals surface area (Å²) in [7, 11) is -1.30. The minimum absolute atomic E-state index is 0.602. The van der Waals surface area contributed by atoms with Gasteiger partial charge in [0.05, 0.1) is 6.26 Å². The minimum atomic E-state index is -2.96. The lowest BCUT2D eigenvalue weighted by Gasteiger charge is -2.17. The fraction of sp³-hybridized carbons (Fsp3) is 1.00. The molecule has 1 fully saturated rings. The fourth-order valence-electron chi connectivity index (χ4n) is 1.69. The maximum absolute atomic E-state index is 11.0. The van der Waals surface area contributed by atoms with Crippen molar-refractivity contribution in [3.8, 4) is 0 Å². The SMILES string of the molecule is CN(CC1CCCC1)S(C)(=O)=O. The van der Waals surface area contributed by atoms with E-state index in [0.717, 1.165) is 0 Å². The van der Waals surface area contributed by atoms with Crippen LogP contribution < -0.4 is 0 Å². The molecule has 0 aromatic carbocycles. The monoisotopic (exact) mass is 191 g/mol. The predicted octanol–water partition coefficient (Wildman–Crippen LogP) is 1.07. The van der Waals surface area contributed by atoms with Gasteiger partial charge in [0.1, 0.15) is 0 Å². The van der Waals surface area contributed by atoms with Crippen LogP contribution in [0.5, 0.6) is 0 Å². The van der Waals surface area contributed by atoms with Crippen molar-refractivity contribution < 1.29 is 8.42 Å². The molecule has 0 bridgehead atoms. The quantitative estimate of drug-likeness (QED) is 0.669. The molecular formula is C8H17NO2S. The van der Waals surface area contributed by atoms with Crippen LogP contribution in [-0.2, 0) is 10.0 Å². The van der Waals surface area contributed by atoms with Crippen LogP contribution in [0.2, 0.25) is 0 Å². The van der Waals surface area contributed by atoms with Crippen molar-refractivity contribution in [1.29, 1.82) is 0 Å². The summed E-state index contributed by atoms with van der Waals surface area (Å²) in [5.41, 5.74) is 0. The normalized spacial score (nSPS) is 20.6. The zero-order valence-electron chi connectivity index (χ0n) is 7.78. The molecule has 1 aliphatic rings. The lowest BCUT2D eigenvalue weighted by atomic mass is 10.1. The van der Waals surface area contributed by atoms with E-state index >= 15 is 0 Å². The Morgan fingerprint density at radius 2 is 1.83 bits per heavy atom. The lowest BCUT2D eigenvalue weighted by molar-refractivity contribution is 0.390. The van der Waals surface area contributed by atoms with E-state index in [2.05, 4.69) is 0 Å². The van der Waals surface area contributed by atoms with E-state index in [9.17, 15) is 8.42 Å². The molecule has 0 saturated heterocycles. The molecular weight excluding hydrogens is 174 g/mol. The molecule has 0 aromatic heterocycles. The average Bonchev–Trinajstić information content (AvgIpc) is 2.37. The molecule has 0 N–H and O–H groups in total. The van der Waals surface area contributed by atoms with E-state index in [-0.39, 0.29) is 0 Å². The molecule has 0 radical (unpaired) electrons. The van der Waals surface area contributed by atoms with Crippen LogP contribution in [0.3, 0.4) is 0 Å². The Kier molecular flexibility index (Phi) is 3.12. The zero-order valence-corrected chi connectivity index (χ0v) is 8.60. The lowest BCUT2D eigenvalue weighted by Crippen LogP contribution is -2.30. The fourth-order valence-corrected chi connectivity index (χ4v) is 2.17. The highest BCUT2D eigenvalue weighted by Crippen LogP contribution is 2.25. The van der Waals surface area contributed by atoms with E-state index in [1.807, 2.05) is 0 Å². The van der Waals surface area contributed by atoms with Crippen LogP contribution in [-0.4, -0.2) is 32.6 Å². The second-order valence-electron chi connectivity index (χ2n) is 3.69. The maximum Gasteiger partial charge on any atom is 0.210 e. The van der Waals surface area contributed by atoms with Crippen LogP contribution in [0.4, 0.5) is 0 Å². The molecule has 0 spiro atoms. The Labute approximate surface area is 74.8 Å². The van der Waals surface area contributed by atoms with Gasteiger partial charge in [0, 0.05) is 13.6 Å². The highest BCUT2D eigenvalue weighted by molar-refractivity contribution is 7.88. The minimum Gasteiger partial charge on any atom is -0.213 e. The maximum atomic E-state index is 11.0. The van der Waals surface area contributed by atoms with Crippen LogP contribution in [0, 0.1) is 5.92 Å². The van der Waals surface area contributed by atoms with E-state index in [1.54, 1.807) is 7.05 Å². The van der Waals surface area contributed by atoms with Crippen molar-refractivity contribution in [1.82, 2.24) is 4.31 Å². The van der Waals surface area contributed by atoms with Gasteiger partial charge in [-0.05, 0) is 18.8 Å². The van der Waals surface area contributed by atoms with Crippen molar-refractivity contribution in [3.63, 3.8) is 0 Å². The van der Waals surface area contributed by atoms with Gasteiger partial charge in [0.15, 0.2) is 0 Å². The van der Waals surface area contributed by atoms with E-state index in [1.165, 1.54) is 36.2 Å². The molecule has 1 aliphatic carbocycles. The third kappa shape index (κ3) is 2.75. The van der Waals surface area contributed by atoms with Crippen LogP contribution >= 0.6 is 0 Å². The molecule has 4 heteroatoms. The largest absolute Gasteiger partial charge is 0.213 e. The summed E-state index contributed by atoms with van der Waals surface area (Å²) < 4.78 is 23.6. The third-order valence-electron chi connectivity index (χ3n) is 2.56. The summed E-state index contributed by atoms with van der Waals surface area (Å²) in [4.78, 5) is 0. The first-order valence-corrected chi connectivity index (χ1v) is 6.26. The molecule has 0 aliphatic heterocycles. The molecule has 1 rings (SSSR count). The average molecular weight is 191 g/mol. The highest BCUT2D eigenvalue weighted by atomic mass is 32.2. The summed E-state index contributed by atoms with van der Waals surface area (Å²) >= 11 is 0. The summed E-state index contributed by atoms with van der Waals surface area (Å²) in [6, 6.07) is 0. The van der Waals surface area contributed by atoms with Gasteiger partial charge in [-0.3, -0.25) is 0 Å². The Morgan fingerprint density at radius 3 is 2.25 bits per heavy atom. The number of nitrogens with zero attached hydrogens (tertiary/aromatic N) is 1. The zero-order chi connectivity index (χ0) is 9.19. The number of hydrogen-bond acceptors (Lipinski definition) is 2. The van der Waals surface area contributed by atoms with Crippen molar-refractivity contribution >= 4 is 10.0 Å². The van der Waals surface area contributed by atoms with Gasteiger partial charge in [-0.1, -0.05) is 12.8 Å². The van der Waals surface area contributed by atoms with E-state index < -0.39 is 10.0 Å². The van der Waals surface area contributed by atoms with Gasteiger partial charge in [0.25, 0.3) is 0 Å². The van der Waals surface area contributed by atoms with E-state index in [4.69, 9.17) is 0 Å². The van der Waals surface area contributed by atoms with Crippen molar-refractivity contribution in [2.45, 2.75) is 25.7 Å². The standard InChI is InChI=1S/C8H17NO2S/c1-9(12(2,10)11)7-8-5-3-4-6-8/h8H,3-7H2,1-2H3. The van der Waals surface area contributed by atoms with Gasteiger partial charge in [-0.25, -0.2) is 12.7 Å². The first kappa shape index (κ1) is 9.99. The smallest absolute Gasteiger partial charge is 0.210 e. The van der Waals surface area contributed by atoms with Crippen molar-refractivity contribution in [2.75, 3.05) is 19.8 Å². The Morgan fingerprint density at radius 1 is 1.33 bits per heavy atom. The number of hydrogen-bond donors (Lipinski definition) is 0. The molecule has 72 valence electrons. The van der Waals surface area contributed by atoms with Crippen molar-refractivity contribution in [2.24, 2.45) is 5.92 Å². The van der Waals surface area contributed by atoms with Crippen LogP contribution in [0.15, 0.2) is 0 Å². The molecule has 0 amide bonds. The Hall–Kier alpha value is -0.0900. The van der Waals surface area contributed by atoms with Crippen molar-refractivity contribution in [3.05, 3.63) is 0 Å². The van der Waals surface area contributed by atoms with Gasteiger partial charge >= 0.3 is 0 Å². The molecule has 1 saturated carbocycles. The first-order chi connectivity index (χ1) is 5.50. The first-order valence-electron chi connectivity index (χ1n) is 4.41. The highest BCUT2D eigenvalue weighted by Gasteiger charge is 2.20. The van der Waals surface area contributed by atoms with Gasteiger partial charge < -0.3 is 0 Å². The van der Waals surface area contributed by atoms with E-state index in [0.29, 0.717) is 12.5 Å². The Bertz CT molecular complexity index is 229. The van der Waals surface area contributed by atoms with Crippen LogP contribution in [0.1, 0.15) is 25.7 Å². The second-order valence-corrected chi connectivity index (χ2v) is 5.78. The summed E-state index contributed by atoms with van der Waals surface area (Å²) in [5, 5.41) is 0. The summed E-state index contributed by atoms with van der Waals surface area (Å²) in [5.74, 6) is 0.602. The molecule has 0 aromatic rings. The van der Waals surface area contributed by atoms with Crippen LogP contribution in [0.25, 0.3) is 0 Å². The second kappa shape index (κ2) is 3.75. The number of sulfonamides is 1. The molecule has 0 unspecified atom stereocenters. The van der Waals surface area contributed by atoms with Gasteiger partial charge in [-0.15, -0.1) is 0 Å². The van der Waals surface area contributed by atoms with Gasteiger partial charge in [0.2, 0.25) is 10.0 Å². The number of rotatable bonds is 3. The third-order valence-corrected chi connectivity index (χ3v) is 3.84. The Balaban J connectivity index is 2.40.